The smallest absolute Gasteiger partial charge is 0.376 e. The Balaban J connectivity index is 1.93. The molecule has 1 atom stereocenters. The Kier molecular flexibility index (Phi) is 8.87. The van der Waals surface area contributed by atoms with Gasteiger partial charge in [-0.15, -0.1) is 0 Å². The molecule has 0 fully saturated rings. The van der Waals surface area contributed by atoms with Crippen LogP contribution in [0.25, 0.3) is 0 Å². The van der Waals surface area contributed by atoms with Crippen LogP contribution in [0.2, 0.25) is 0 Å². The first-order valence-corrected chi connectivity index (χ1v) is 9.97. The molecule has 0 radical (unpaired) electrons. The highest BCUT2D eigenvalue weighted by Gasteiger charge is 2.30. The Hall–Kier alpha value is -3.07. The summed E-state index contributed by atoms with van der Waals surface area (Å²) in [5.74, 6) is -0.791. The molecule has 0 saturated carbocycles. The molecule has 0 aliphatic rings. The summed E-state index contributed by atoms with van der Waals surface area (Å²) >= 11 is 0. The molecule has 0 unspecified atom stereocenters. The molecular formula is C22H27F3N4O2. The molecule has 168 valence electrons. The van der Waals surface area contributed by atoms with E-state index in [0.29, 0.717) is 37.2 Å². The number of anilines is 2. The van der Waals surface area contributed by atoms with E-state index in [4.69, 9.17) is 5.73 Å². The summed E-state index contributed by atoms with van der Waals surface area (Å²) in [5, 5.41) is 8.22. The molecule has 2 aromatic rings. The van der Waals surface area contributed by atoms with Gasteiger partial charge in [0.2, 0.25) is 11.8 Å². The van der Waals surface area contributed by atoms with Gasteiger partial charge in [0.15, 0.2) is 0 Å². The summed E-state index contributed by atoms with van der Waals surface area (Å²) < 4.78 is 37.9. The highest BCUT2D eigenvalue weighted by atomic mass is 19.4. The highest BCUT2D eigenvalue weighted by molar-refractivity contribution is 5.97. The van der Waals surface area contributed by atoms with Crippen LogP contribution >= 0.6 is 0 Å². The van der Waals surface area contributed by atoms with Crippen molar-refractivity contribution in [3.8, 4) is 0 Å². The van der Waals surface area contributed by atoms with Gasteiger partial charge in [-0.3, -0.25) is 9.59 Å². The van der Waals surface area contributed by atoms with Crippen LogP contribution in [0.4, 0.5) is 24.5 Å². The highest BCUT2D eigenvalue weighted by Crippen LogP contribution is 2.29. The number of nitrogens with two attached hydrogens (primary N) is 1. The fraction of sp³-hybridized carbons (Fsp3) is 0.364. The maximum Gasteiger partial charge on any atom is 0.416 e. The van der Waals surface area contributed by atoms with Crippen molar-refractivity contribution in [2.24, 2.45) is 5.73 Å². The minimum Gasteiger partial charge on any atom is -0.376 e. The third-order valence-corrected chi connectivity index (χ3v) is 4.58. The van der Waals surface area contributed by atoms with Crippen molar-refractivity contribution in [2.75, 3.05) is 23.7 Å². The van der Waals surface area contributed by atoms with E-state index in [2.05, 4.69) is 16.0 Å². The van der Waals surface area contributed by atoms with Gasteiger partial charge in [-0.25, -0.2) is 0 Å². The standard InChI is InChI=1S/C22H27F3N4O2/c1-15-5-9-18(10-6-15)28-21(31)19(4-2-3-13-26)29-20(30)14-27-17-11-7-16(8-12-17)22(23,24)25/h5-12,19,27H,2-4,13-14,26H2,1H3,(H,28,31)(H,29,30)/t19-/m0/s1. The summed E-state index contributed by atoms with van der Waals surface area (Å²) in [6, 6.07) is 10.9. The molecule has 0 aromatic heterocycles. The molecule has 0 heterocycles. The zero-order valence-corrected chi connectivity index (χ0v) is 17.3. The number of rotatable bonds is 10. The Morgan fingerprint density at radius 1 is 0.968 bits per heavy atom. The van der Waals surface area contributed by atoms with Crippen LogP contribution in [0.5, 0.6) is 0 Å². The lowest BCUT2D eigenvalue weighted by molar-refractivity contribution is -0.137. The van der Waals surface area contributed by atoms with Crippen LogP contribution < -0.4 is 21.7 Å². The predicted octanol–water partition coefficient (Wildman–Crippen LogP) is 3.68. The quantitative estimate of drug-likeness (QED) is 0.427. The van der Waals surface area contributed by atoms with Crippen LogP contribution in [-0.4, -0.2) is 30.9 Å². The number of hydrogen-bond acceptors (Lipinski definition) is 4. The summed E-state index contributed by atoms with van der Waals surface area (Å²) in [5.41, 5.74) is 6.79. The van der Waals surface area contributed by atoms with E-state index >= 15 is 0 Å². The molecule has 31 heavy (non-hydrogen) atoms. The third-order valence-electron chi connectivity index (χ3n) is 4.58. The molecule has 0 aliphatic heterocycles. The van der Waals surface area contributed by atoms with Crippen LogP contribution in [0.15, 0.2) is 48.5 Å². The van der Waals surface area contributed by atoms with Gasteiger partial charge in [0, 0.05) is 11.4 Å². The van der Waals surface area contributed by atoms with Crippen molar-refractivity contribution < 1.29 is 22.8 Å². The van der Waals surface area contributed by atoms with Crippen LogP contribution in [0.1, 0.15) is 30.4 Å². The molecule has 0 aliphatic carbocycles. The topological polar surface area (TPSA) is 96.2 Å². The largest absolute Gasteiger partial charge is 0.416 e. The van der Waals surface area contributed by atoms with Crippen LogP contribution in [0, 0.1) is 6.92 Å². The Morgan fingerprint density at radius 3 is 2.16 bits per heavy atom. The average molecular weight is 436 g/mol. The molecule has 0 spiro atoms. The zero-order valence-electron chi connectivity index (χ0n) is 17.3. The molecule has 2 aromatic carbocycles. The maximum atomic E-state index is 12.6. The van der Waals surface area contributed by atoms with Crippen molar-refractivity contribution in [3.63, 3.8) is 0 Å². The number of benzene rings is 2. The number of carbonyl (C=O) groups excluding carboxylic acids is 2. The average Bonchev–Trinajstić information content (AvgIpc) is 2.73. The molecular weight excluding hydrogens is 409 g/mol. The molecule has 9 heteroatoms. The second-order valence-electron chi connectivity index (χ2n) is 7.19. The van der Waals surface area contributed by atoms with Gasteiger partial charge in [0.1, 0.15) is 6.04 Å². The van der Waals surface area contributed by atoms with Gasteiger partial charge in [0.25, 0.3) is 0 Å². The molecule has 5 N–H and O–H groups in total. The van der Waals surface area contributed by atoms with E-state index < -0.39 is 23.7 Å². The van der Waals surface area contributed by atoms with Crippen LogP contribution in [-0.2, 0) is 15.8 Å². The molecule has 6 nitrogen and oxygen atoms in total. The second kappa shape index (κ2) is 11.4. The van der Waals surface area contributed by atoms with E-state index in [9.17, 15) is 22.8 Å². The predicted molar refractivity (Wildman–Crippen MR) is 115 cm³/mol. The fourth-order valence-corrected chi connectivity index (χ4v) is 2.83. The van der Waals surface area contributed by atoms with Gasteiger partial charge < -0.3 is 21.7 Å². The SMILES string of the molecule is Cc1ccc(NC(=O)[C@H](CCCCN)NC(=O)CNc2ccc(C(F)(F)F)cc2)cc1. The van der Waals surface area contributed by atoms with Crippen molar-refractivity contribution in [2.45, 2.75) is 38.4 Å². The molecule has 0 bridgehead atoms. The maximum absolute atomic E-state index is 12.6. The first-order chi connectivity index (χ1) is 14.7. The molecule has 0 saturated heterocycles. The van der Waals surface area contributed by atoms with Gasteiger partial charge in [-0.05, 0) is 69.1 Å². The summed E-state index contributed by atoms with van der Waals surface area (Å²) in [6.45, 7) is 2.23. The normalized spacial score (nSPS) is 12.2. The van der Waals surface area contributed by atoms with Crippen molar-refractivity contribution in [3.05, 3.63) is 59.7 Å². The number of amides is 2. The molecule has 2 rings (SSSR count). The Labute approximate surface area is 179 Å². The number of halogens is 3. The van der Waals surface area contributed by atoms with Crippen molar-refractivity contribution >= 4 is 23.2 Å². The van der Waals surface area contributed by atoms with E-state index in [1.54, 1.807) is 12.1 Å². The second-order valence-corrected chi connectivity index (χ2v) is 7.19. The minimum absolute atomic E-state index is 0.184. The number of aryl methyl sites for hydroxylation is 1. The monoisotopic (exact) mass is 436 g/mol. The van der Waals surface area contributed by atoms with Gasteiger partial charge in [-0.1, -0.05) is 17.7 Å². The van der Waals surface area contributed by atoms with E-state index in [1.807, 2.05) is 19.1 Å². The number of nitrogens with one attached hydrogen (secondary N) is 3. The number of hydrogen-bond donors (Lipinski definition) is 4. The summed E-state index contributed by atoms with van der Waals surface area (Å²) in [7, 11) is 0. The fourth-order valence-electron chi connectivity index (χ4n) is 2.83. The van der Waals surface area contributed by atoms with Gasteiger partial charge in [0.05, 0.1) is 12.1 Å². The lowest BCUT2D eigenvalue weighted by Crippen LogP contribution is -2.45. The summed E-state index contributed by atoms with van der Waals surface area (Å²) in [6.07, 6.45) is -2.62. The van der Waals surface area contributed by atoms with Gasteiger partial charge in [-0.2, -0.15) is 13.2 Å². The lowest BCUT2D eigenvalue weighted by atomic mass is 10.1. The van der Waals surface area contributed by atoms with E-state index in [0.717, 1.165) is 17.7 Å². The minimum atomic E-state index is -4.42. The number of alkyl halides is 3. The number of unbranched alkanes of at least 4 members (excludes halogenated alkanes) is 1. The third kappa shape index (κ3) is 8.29. The van der Waals surface area contributed by atoms with Crippen LogP contribution in [0.3, 0.4) is 0 Å². The number of carbonyl (C=O) groups is 2. The Bertz CT molecular complexity index is 853. The van der Waals surface area contributed by atoms with E-state index in [1.165, 1.54) is 12.1 Å². The summed E-state index contributed by atoms with van der Waals surface area (Å²) in [4.78, 5) is 25.0. The van der Waals surface area contributed by atoms with Gasteiger partial charge >= 0.3 is 6.18 Å². The zero-order chi connectivity index (χ0) is 22.9. The molecule has 2 amide bonds. The van der Waals surface area contributed by atoms with E-state index in [-0.39, 0.29) is 12.5 Å². The first kappa shape index (κ1) is 24.2. The Morgan fingerprint density at radius 2 is 1.58 bits per heavy atom. The van der Waals surface area contributed by atoms with Crippen molar-refractivity contribution in [1.29, 1.82) is 0 Å². The van der Waals surface area contributed by atoms with Crippen molar-refractivity contribution in [1.82, 2.24) is 5.32 Å². The first-order valence-electron chi connectivity index (χ1n) is 9.97. The lowest BCUT2D eigenvalue weighted by Gasteiger charge is -2.19.